The van der Waals surface area contributed by atoms with Crippen LogP contribution in [0.2, 0.25) is 0 Å². The van der Waals surface area contributed by atoms with Crippen LogP contribution in [0.25, 0.3) is 11.4 Å². The van der Waals surface area contributed by atoms with Gasteiger partial charge in [-0.1, -0.05) is 27.7 Å². The first-order valence-corrected chi connectivity index (χ1v) is 17.7. The Balaban J connectivity index is 0.000000364. The lowest BCUT2D eigenvalue weighted by Gasteiger charge is -2.19. The van der Waals surface area contributed by atoms with Crippen molar-refractivity contribution in [2.24, 2.45) is 0 Å². The number of nitrogens with two attached hydrogens (primary N) is 1. The highest BCUT2D eigenvalue weighted by Gasteiger charge is 2.40. The van der Waals surface area contributed by atoms with Crippen molar-refractivity contribution in [3.63, 3.8) is 0 Å². The predicted molar refractivity (Wildman–Crippen MR) is 191 cm³/mol. The molecule has 296 valence electrons. The van der Waals surface area contributed by atoms with E-state index in [0.29, 0.717) is 21.0 Å². The molecule has 0 bridgehead atoms. The Morgan fingerprint density at radius 2 is 1.07 bits per heavy atom. The normalized spacial score (nSPS) is 11.1. The van der Waals surface area contributed by atoms with Crippen LogP contribution in [0.5, 0.6) is 0 Å². The maximum Gasteiger partial charge on any atom is 0.433 e. The molecule has 0 saturated heterocycles. The zero-order valence-corrected chi connectivity index (χ0v) is 31.6. The molecule has 0 fully saturated rings. The quantitative estimate of drug-likeness (QED) is 0.132. The number of aromatic nitrogens is 4. The molecule has 4 rings (SSSR count). The minimum absolute atomic E-state index is 0.00581. The average Bonchev–Trinajstić information content (AvgIpc) is 3.11. The van der Waals surface area contributed by atoms with E-state index in [9.17, 15) is 54.3 Å². The van der Waals surface area contributed by atoms with Gasteiger partial charge in [0.05, 0.1) is 22.5 Å². The Morgan fingerprint density at radius 3 is 1.40 bits per heavy atom. The monoisotopic (exact) mass is 820 g/mol. The molecule has 55 heavy (non-hydrogen) atoms. The van der Waals surface area contributed by atoms with Crippen LogP contribution in [0.3, 0.4) is 0 Å². The Labute approximate surface area is 315 Å². The molecule has 0 radical (unpaired) electrons. The van der Waals surface area contributed by atoms with E-state index < -0.39 is 80.4 Å². The Bertz CT molecular complexity index is 2390. The van der Waals surface area contributed by atoms with Gasteiger partial charge in [0.25, 0.3) is 11.1 Å². The summed E-state index contributed by atoms with van der Waals surface area (Å²) in [6.07, 6.45) is -10.0. The molecule has 2 aromatic carbocycles. The number of hydrogen-bond donors (Lipinski definition) is 2. The highest BCUT2D eigenvalue weighted by Crippen LogP contribution is 2.32. The van der Waals surface area contributed by atoms with Crippen LogP contribution in [-0.2, 0) is 12.4 Å². The van der Waals surface area contributed by atoms with Gasteiger partial charge in [0.2, 0.25) is 0 Å². The second kappa shape index (κ2) is 18.2. The zero-order valence-electron chi connectivity index (χ0n) is 30.0. The summed E-state index contributed by atoms with van der Waals surface area (Å²) in [5.74, 6) is 4.05. The van der Waals surface area contributed by atoms with E-state index in [1.807, 2.05) is 13.8 Å². The van der Waals surface area contributed by atoms with E-state index >= 15 is 0 Å². The standard InChI is InChI=1S/C16H14F4N4O2S.C15H12F4N4O2S.C2H6/c1-4-27-12-6-11(10(17)5-9(12)7-21)23-14(25)8(2)13(16(18,19)20)24(22-3)15(23)26;1-3-26-11-5-10(9(16)4-8(11)6-20)22-13(24)7(2)12(15(17,18)19)23(21)14(22)25;1-2/h5-6,22H,4H2,1-3H3;4-5H,3,21H2,1-2H3;1-2H3. The minimum atomic E-state index is -5.04. The maximum atomic E-state index is 14.5. The number of alkyl halides is 6. The lowest BCUT2D eigenvalue weighted by atomic mass is 10.2. The van der Waals surface area contributed by atoms with Crippen molar-refractivity contribution in [3.05, 3.63) is 111 Å². The van der Waals surface area contributed by atoms with E-state index in [0.717, 1.165) is 56.9 Å². The smallest absolute Gasteiger partial charge is 0.335 e. The Morgan fingerprint density at radius 1 is 0.709 bits per heavy atom. The van der Waals surface area contributed by atoms with Gasteiger partial charge in [0.15, 0.2) is 11.4 Å². The van der Waals surface area contributed by atoms with Gasteiger partial charge in [0, 0.05) is 28.0 Å². The molecule has 2 heterocycles. The summed E-state index contributed by atoms with van der Waals surface area (Å²) < 4.78 is 108. The van der Waals surface area contributed by atoms with E-state index in [1.54, 1.807) is 26.0 Å². The van der Waals surface area contributed by atoms with Crippen LogP contribution in [-0.4, -0.2) is 37.0 Å². The summed E-state index contributed by atoms with van der Waals surface area (Å²) in [5, 5.41) is 18.1. The highest BCUT2D eigenvalue weighted by molar-refractivity contribution is 7.99. The third kappa shape index (κ3) is 9.25. The number of halogens is 8. The summed E-state index contributed by atoms with van der Waals surface area (Å²) in [7, 11) is 1.07. The first-order valence-electron chi connectivity index (χ1n) is 15.7. The van der Waals surface area contributed by atoms with Crippen LogP contribution in [0.1, 0.15) is 61.3 Å². The van der Waals surface area contributed by atoms with E-state index in [4.69, 9.17) is 16.4 Å². The Kier molecular flexibility index (Phi) is 15.1. The van der Waals surface area contributed by atoms with Crippen LogP contribution in [0.4, 0.5) is 35.1 Å². The lowest BCUT2D eigenvalue weighted by Crippen LogP contribution is -2.47. The number of thioether (sulfide) groups is 2. The fraction of sp³-hybridized carbons (Fsp3) is 0.333. The van der Waals surface area contributed by atoms with Gasteiger partial charge in [-0.3, -0.25) is 9.59 Å². The largest absolute Gasteiger partial charge is 0.433 e. The summed E-state index contributed by atoms with van der Waals surface area (Å²) >= 11 is 2.32. The topological polar surface area (TPSA) is 174 Å². The molecule has 0 aliphatic carbocycles. The van der Waals surface area contributed by atoms with Crippen molar-refractivity contribution in [3.8, 4) is 23.5 Å². The predicted octanol–water partition coefficient (Wildman–Crippen LogP) is 5.81. The molecule has 0 aliphatic heterocycles. The second-order valence-electron chi connectivity index (χ2n) is 10.4. The number of rotatable bonds is 7. The molecule has 4 aromatic rings. The van der Waals surface area contributed by atoms with Gasteiger partial charge in [-0.05, 0) is 49.6 Å². The molecular weight excluding hydrogens is 789 g/mol. The summed E-state index contributed by atoms with van der Waals surface area (Å²) in [5.41, 5.74) is -9.36. The number of nitriles is 2. The van der Waals surface area contributed by atoms with Crippen LogP contribution < -0.4 is 33.8 Å². The fourth-order valence-electron chi connectivity index (χ4n) is 4.93. The van der Waals surface area contributed by atoms with Crippen LogP contribution >= 0.6 is 23.5 Å². The third-order valence-corrected chi connectivity index (χ3v) is 9.06. The average molecular weight is 821 g/mol. The van der Waals surface area contributed by atoms with Crippen molar-refractivity contribution < 1.29 is 35.1 Å². The van der Waals surface area contributed by atoms with Crippen molar-refractivity contribution in [1.82, 2.24) is 18.5 Å². The molecule has 2 aromatic heterocycles. The van der Waals surface area contributed by atoms with Gasteiger partial charge in [-0.2, -0.15) is 36.9 Å². The maximum absolute atomic E-state index is 14.5. The lowest BCUT2D eigenvalue weighted by molar-refractivity contribution is -0.145. The summed E-state index contributed by atoms with van der Waals surface area (Å²) in [6.45, 7) is 9.28. The zero-order chi connectivity index (χ0) is 42.3. The molecule has 0 spiro atoms. The molecule has 0 amide bonds. The van der Waals surface area contributed by atoms with Crippen molar-refractivity contribution in [1.29, 1.82) is 10.5 Å². The van der Waals surface area contributed by atoms with Crippen molar-refractivity contribution in [2.45, 2.75) is 63.7 Å². The molecule has 3 N–H and O–H groups in total. The summed E-state index contributed by atoms with van der Waals surface area (Å²) in [6, 6.07) is 7.41. The molecule has 0 unspecified atom stereocenters. The molecule has 22 heteroatoms. The fourth-order valence-corrected chi connectivity index (χ4v) is 6.46. The van der Waals surface area contributed by atoms with Crippen molar-refractivity contribution in [2.75, 3.05) is 29.8 Å². The summed E-state index contributed by atoms with van der Waals surface area (Å²) in [4.78, 5) is 50.2. The van der Waals surface area contributed by atoms with Gasteiger partial charge in [0.1, 0.15) is 23.8 Å². The number of nitrogens with one attached hydrogen (secondary N) is 1. The first-order chi connectivity index (χ1) is 25.6. The second-order valence-corrected chi connectivity index (χ2v) is 13.0. The molecule has 0 aliphatic rings. The van der Waals surface area contributed by atoms with E-state index in [2.05, 4.69) is 5.43 Å². The SMILES string of the molecule is CC.CCSc1cc(-n2c(=O)c(C)c(C(F)(F)F)n(N)c2=O)c(F)cc1C#N.CCSc1cc(-n2c(=O)c(C)c(C(F)(F)F)n(NC)c2=O)c(F)cc1C#N. The van der Waals surface area contributed by atoms with Gasteiger partial charge in [-0.25, -0.2) is 36.9 Å². The van der Waals surface area contributed by atoms with E-state index in [1.165, 1.54) is 11.8 Å². The third-order valence-electron chi connectivity index (χ3n) is 7.18. The van der Waals surface area contributed by atoms with Gasteiger partial charge >= 0.3 is 23.7 Å². The number of benzene rings is 2. The van der Waals surface area contributed by atoms with Crippen LogP contribution in [0.15, 0.2) is 53.2 Å². The number of nitrogens with zero attached hydrogens (tertiary/aromatic N) is 6. The molecule has 0 saturated carbocycles. The van der Waals surface area contributed by atoms with Crippen molar-refractivity contribution >= 4 is 23.5 Å². The van der Waals surface area contributed by atoms with Crippen LogP contribution in [0, 0.1) is 48.1 Å². The van der Waals surface area contributed by atoms with Gasteiger partial charge in [-0.15, -0.1) is 23.5 Å². The van der Waals surface area contributed by atoms with E-state index in [-0.39, 0.29) is 29.9 Å². The van der Waals surface area contributed by atoms with Gasteiger partial charge < -0.3 is 11.3 Å². The molecule has 12 nitrogen and oxygen atoms in total. The minimum Gasteiger partial charge on any atom is -0.335 e. The Hall–Kier alpha value is -5.48. The number of hydrogen-bond acceptors (Lipinski definition) is 10. The number of nitrogen functional groups attached to an aromatic ring is 1. The molecular formula is C33H32F8N8O4S2. The highest BCUT2D eigenvalue weighted by atomic mass is 32.2. The molecule has 0 atom stereocenters. The first kappa shape index (κ1) is 45.7.